The quantitative estimate of drug-likeness (QED) is 0.198. The number of amides is 4. The number of carbonyl (C=O) groups is 4. The third-order valence-electron chi connectivity index (χ3n) is 14.1. The van der Waals surface area contributed by atoms with E-state index in [2.05, 4.69) is 59.8 Å². The number of hydrogen-bond donors (Lipinski definition) is 1. The lowest BCUT2D eigenvalue weighted by atomic mass is 9.49. The summed E-state index contributed by atoms with van der Waals surface area (Å²) in [6, 6.07) is 13.8. The van der Waals surface area contributed by atoms with Gasteiger partial charge in [-0.05, 0) is 78.8 Å². The lowest BCUT2D eigenvalue weighted by molar-refractivity contribution is -0.199. The first-order valence-corrected chi connectivity index (χ1v) is 21.5. The first-order chi connectivity index (χ1) is 28.6. The van der Waals surface area contributed by atoms with Gasteiger partial charge in [-0.25, -0.2) is 9.24 Å². The summed E-state index contributed by atoms with van der Waals surface area (Å²) < 4.78 is 22.0. The number of imide groups is 1. The molecule has 0 bridgehead atoms. The molecule has 0 spiro atoms. The maximum absolute atomic E-state index is 15.5. The highest BCUT2D eigenvalue weighted by Gasteiger charge is 2.67. The predicted octanol–water partition coefficient (Wildman–Crippen LogP) is 6.67. The van der Waals surface area contributed by atoms with Gasteiger partial charge in [-0.15, -0.1) is 0 Å². The van der Waals surface area contributed by atoms with Crippen LogP contribution in [0.4, 0.5) is 21.5 Å². The minimum Gasteiger partial charge on any atom is -0.489 e. The van der Waals surface area contributed by atoms with E-state index in [1.807, 2.05) is 15.9 Å². The number of piperazine rings is 1. The lowest BCUT2D eigenvalue weighted by Gasteiger charge is -2.65. The standard InChI is InChI=1S/C46H51ClFN7O5/c1-45(2)43(46(3,4)44(45)60-31-7-9-36(49-5)34(47)22-31)55-26-28-20-30(6-8-32(28)41(55)58)52-14-12-27(13-15-52)24-51-16-18-53(19-17-51)38-23-33-29(21-35(38)48)25-54(42(33)59)37-10-11-39(56)50-40(37)57/h6-9,20-23,27,37,43-44H,10-19,24-26H2,1-4H3,(H,50,56,57). The molecule has 5 heterocycles. The molecule has 1 N–H and O–H groups in total. The van der Waals surface area contributed by atoms with E-state index in [4.69, 9.17) is 22.9 Å². The molecule has 3 saturated heterocycles. The zero-order chi connectivity index (χ0) is 42.2. The Kier molecular flexibility index (Phi) is 10.1. The van der Waals surface area contributed by atoms with Crippen LogP contribution in [0.1, 0.15) is 85.2 Å². The van der Waals surface area contributed by atoms with Gasteiger partial charge in [-0.2, -0.15) is 0 Å². The van der Waals surface area contributed by atoms with Crippen molar-refractivity contribution in [1.82, 2.24) is 20.0 Å². The Morgan fingerprint density at radius 2 is 1.50 bits per heavy atom. The SMILES string of the molecule is [C-]#[N+]c1ccc(OC2C(C)(C)C(N3Cc4cc(N5CCC(CN6CCN(c7cc8c(cc7F)CN(C7CCC(=O)NC7=O)C8=O)CC6)CC5)ccc4C3=O)C2(C)C)cc1Cl. The van der Waals surface area contributed by atoms with Crippen molar-refractivity contribution >= 4 is 52.3 Å². The number of anilines is 2. The van der Waals surface area contributed by atoms with E-state index in [1.54, 1.807) is 24.3 Å². The second-order valence-electron chi connectivity index (χ2n) is 18.6. The molecule has 3 aromatic rings. The highest BCUT2D eigenvalue weighted by molar-refractivity contribution is 6.33. The van der Waals surface area contributed by atoms with Gasteiger partial charge in [0.05, 0.1) is 17.3 Å². The molecule has 12 nitrogen and oxygen atoms in total. The molecule has 1 unspecified atom stereocenters. The van der Waals surface area contributed by atoms with Crippen molar-refractivity contribution in [2.45, 2.75) is 84.7 Å². The molecule has 0 radical (unpaired) electrons. The van der Waals surface area contributed by atoms with Crippen molar-refractivity contribution < 1.29 is 28.3 Å². The molecule has 1 atom stereocenters. The number of nitrogens with one attached hydrogen (secondary N) is 1. The second-order valence-corrected chi connectivity index (χ2v) is 19.0. The Bertz CT molecular complexity index is 2310. The highest BCUT2D eigenvalue weighted by atomic mass is 35.5. The first kappa shape index (κ1) is 40.2. The van der Waals surface area contributed by atoms with Gasteiger partial charge >= 0.3 is 0 Å². The Labute approximate surface area is 355 Å². The van der Waals surface area contributed by atoms with Gasteiger partial charge in [0.2, 0.25) is 17.5 Å². The fourth-order valence-corrected chi connectivity index (χ4v) is 11.7. The van der Waals surface area contributed by atoms with Gasteiger partial charge in [0.1, 0.15) is 23.7 Å². The van der Waals surface area contributed by atoms with Crippen LogP contribution in [0.5, 0.6) is 5.75 Å². The van der Waals surface area contributed by atoms with E-state index in [0.29, 0.717) is 58.8 Å². The van der Waals surface area contributed by atoms with E-state index < -0.39 is 11.9 Å². The van der Waals surface area contributed by atoms with Crippen LogP contribution in [0.3, 0.4) is 0 Å². The third-order valence-corrected chi connectivity index (χ3v) is 14.4. The van der Waals surface area contributed by atoms with E-state index >= 15 is 4.39 Å². The van der Waals surface area contributed by atoms with Crippen molar-refractivity contribution in [3.63, 3.8) is 0 Å². The largest absolute Gasteiger partial charge is 0.489 e. The van der Waals surface area contributed by atoms with Crippen LogP contribution in [0.25, 0.3) is 4.85 Å². The van der Waals surface area contributed by atoms with Crippen LogP contribution in [0.2, 0.25) is 5.02 Å². The zero-order valence-corrected chi connectivity index (χ0v) is 35.4. The summed E-state index contributed by atoms with van der Waals surface area (Å²) in [4.78, 5) is 65.3. The van der Waals surface area contributed by atoms with Crippen LogP contribution in [0.15, 0.2) is 48.5 Å². The zero-order valence-electron chi connectivity index (χ0n) is 34.6. The van der Waals surface area contributed by atoms with Gasteiger partial charge in [0, 0.05) is 99.0 Å². The molecule has 1 saturated carbocycles. The molecule has 60 heavy (non-hydrogen) atoms. The van der Waals surface area contributed by atoms with Crippen LogP contribution in [0, 0.1) is 29.1 Å². The van der Waals surface area contributed by atoms with E-state index in [1.165, 1.54) is 11.0 Å². The van der Waals surface area contributed by atoms with Crippen LogP contribution < -0.4 is 19.9 Å². The molecule has 4 fully saturated rings. The number of hydrogen-bond acceptors (Lipinski definition) is 8. The summed E-state index contributed by atoms with van der Waals surface area (Å²) in [5, 5.41) is 2.68. The van der Waals surface area contributed by atoms with Gasteiger partial charge in [-0.1, -0.05) is 45.4 Å². The van der Waals surface area contributed by atoms with Crippen molar-refractivity contribution in [2.75, 3.05) is 55.6 Å². The van der Waals surface area contributed by atoms with E-state index in [9.17, 15) is 19.2 Å². The van der Waals surface area contributed by atoms with Gasteiger partial charge in [-0.3, -0.25) is 29.4 Å². The predicted molar refractivity (Wildman–Crippen MR) is 226 cm³/mol. The Morgan fingerprint density at radius 3 is 2.18 bits per heavy atom. The van der Waals surface area contributed by atoms with Gasteiger partial charge in [0.25, 0.3) is 11.8 Å². The normalized spacial score (nSPS) is 25.2. The fraction of sp³-hybridized carbons (Fsp3) is 0.500. The summed E-state index contributed by atoms with van der Waals surface area (Å²) in [5.41, 5.74) is 4.14. The van der Waals surface area contributed by atoms with Crippen molar-refractivity contribution in [1.29, 1.82) is 0 Å². The fourth-order valence-electron chi connectivity index (χ4n) is 11.5. The number of carbonyl (C=O) groups excluding carboxylic acids is 4. The number of benzene rings is 3. The summed E-state index contributed by atoms with van der Waals surface area (Å²) in [7, 11) is 0. The second kappa shape index (κ2) is 15.1. The Hall–Kier alpha value is -5.19. The highest BCUT2D eigenvalue weighted by Crippen LogP contribution is 2.59. The van der Waals surface area contributed by atoms with Gasteiger partial charge < -0.3 is 24.3 Å². The molecular weight excluding hydrogens is 785 g/mol. The molecule has 0 aromatic heterocycles. The van der Waals surface area contributed by atoms with Crippen molar-refractivity contribution in [2.24, 2.45) is 16.7 Å². The summed E-state index contributed by atoms with van der Waals surface area (Å²) in [6.07, 6.45) is 2.41. The topological polar surface area (TPSA) is 110 Å². The molecule has 314 valence electrons. The van der Waals surface area contributed by atoms with Crippen LogP contribution in [-0.4, -0.2) is 102 Å². The van der Waals surface area contributed by atoms with Crippen molar-refractivity contribution in [3.05, 3.63) is 93.0 Å². The molecule has 4 amide bonds. The number of piperidine rings is 2. The summed E-state index contributed by atoms with van der Waals surface area (Å²) in [5.74, 6) is -0.238. The van der Waals surface area contributed by atoms with E-state index in [-0.39, 0.29) is 65.9 Å². The summed E-state index contributed by atoms with van der Waals surface area (Å²) in [6.45, 7) is 22.4. The molecule has 9 rings (SSSR count). The van der Waals surface area contributed by atoms with Crippen LogP contribution >= 0.6 is 11.6 Å². The number of fused-ring (bicyclic) bond motifs is 2. The first-order valence-electron chi connectivity index (χ1n) is 21.1. The molecular formula is C46H51ClFN7O5. The number of nitrogens with zero attached hydrogens (tertiary/aromatic N) is 6. The number of halogens is 2. The average molecular weight is 836 g/mol. The smallest absolute Gasteiger partial charge is 0.255 e. The Morgan fingerprint density at radius 1 is 0.817 bits per heavy atom. The Balaban J connectivity index is 0.769. The molecule has 5 aliphatic heterocycles. The maximum Gasteiger partial charge on any atom is 0.255 e. The van der Waals surface area contributed by atoms with Crippen molar-refractivity contribution in [3.8, 4) is 5.75 Å². The number of rotatable bonds is 8. The lowest BCUT2D eigenvalue weighted by Crippen LogP contribution is -2.74. The monoisotopic (exact) mass is 835 g/mol. The minimum atomic E-state index is -0.729. The molecule has 14 heteroatoms. The molecule has 1 aliphatic carbocycles. The van der Waals surface area contributed by atoms with Gasteiger partial charge in [0.15, 0.2) is 0 Å². The minimum absolute atomic E-state index is 0.0385. The summed E-state index contributed by atoms with van der Waals surface area (Å²) >= 11 is 6.32. The maximum atomic E-state index is 15.5. The molecule has 6 aliphatic rings. The van der Waals surface area contributed by atoms with Crippen LogP contribution in [-0.2, 0) is 22.7 Å². The van der Waals surface area contributed by atoms with E-state index in [0.717, 1.165) is 62.4 Å². The molecule has 3 aromatic carbocycles. The third kappa shape index (κ3) is 6.85. The average Bonchev–Trinajstić information content (AvgIpc) is 3.70. The number of ether oxygens (including phenoxy) is 1.